The van der Waals surface area contributed by atoms with Crippen LogP contribution in [0.1, 0.15) is 78.6 Å². The molecule has 13 atom stereocenters. The smallest absolute Gasteiger partial charge is 0.331 e. The first-order valence-electron chi connectivity index (χ1n) is 14.8. The second-order valence-electron chi connectivity index (χ2n) is 13.7. The van der Waals surface area contributed by atoms with Gasteiger partial charge in [0.25, 0.3) is 0 Å². The SMILES string of the molecule is CO[C@H]1[C@H](O)[C@H](O[C@H]2CC[C@@]3(C)[C@H](CC[C@@H]4[C@H]3CC[C@]3(C)[C@H](C5=CC(=O)OC5)CC[C@]43O)C2)O[C@@H](C)[C@@H]1O. The minimum atomic E-state index is -1.04. The van der Waals surface area contributed by atoms with Gasteiger partial charge in [0.2, 0.25) is 0 Å². The molecule has 214 valence electrons. The summed E-state index contributed by atoms with van der Waals surface area (Å²) in [6.07, 6.45) is 6.45. The zero-order chi connectivity index (χ0) is 27.0. The summed E-state index contributed by atoms with van der Waals surface area (Å²) >= 11 is 0. The van der Waals surface area contributed by atoms with E-state index in [0.29, 0.717) is 18.4 Å². The number of aliphatic hydroxyl groups excluding tert-OH is 2. The Morgan fingerprint density at radius 3 is 2.50 bits per heavy atom. The van der Waals surface area contributed by atoms with Gasteiger partial charge in [0.1, 0.15) is 24.9 Å². The molecule has 0 aromatic heterocycles. The number of carbonyl (C=O) groups excluding carboxylic acids is 1. The fourth-order valence-corrected chi connectivity index (χ4v) is 10.1. The Morgan fingerprint density at radius 2 is 1.79 bits per heavy atom. The topological polar surface area (TPSA) is 115 Å². The first kappa shape index (κ1) is 27.2. The molecule has 6 rings (SSSR count). The molecular weight excluding hydrogens is 488 g/mol. The summed E-state index contributed by atoms with van der Waals surface area (Å²) in [4.78, 5) is 11.8. The van der Waals surface area contributed by atoms with E-state index in [1.54, 1.807) is 13.0 Å². The first-order valence-corrected chi connectivity index (χ1v) is 14.8. The van der Waals surface area contributed by atoms with Gasteiger partial charge in [0.15, 0.2) is 6.29 Å². The molecule has 3 N–H and O–H groups in total. The Labute approximate surface area is 226 Å². The van der Waals surface area contributed by atoms with E-state index in [0.717, 1.165) is 63.4 Å². The average molecular weight is 535 g/mol. The minimum Gasteiger partial charge on any atom is -0.458 e. The molecule has 0 spiro atoms. The van der Waals surface area contributed by atoms with Gasteiger partial charge in [-0.2, -0.15) is 0 Å². The van der Waals surface area contributed by atoms with Crippen LogP contribution >= 0.6 is 0 Å². The zero-order valence-corrected chi connectivity index (χ0v) is 23.3. The maximum atomic E-state index is 12.4. The van der Waals surface area contributed by atoms with Crippen molar-refractivity contribution in [2.75, 3.05) is 13.7 Å². The van der Waals surface area contributed by atoms with E-state index in [1.165, 1.54) is 7.11 Å². The number of esters is 1. The van der Waals surface area contributed by atoms with E-state index >= 15 is 0 Å². The van der Waals surface area contributed by atoms with Crippen LogP contribution in [0.4, 0.5) is 0 Å². The highest BCUT2D eigenvalue weighted by atomic mass is 16.7. The zero-order valence-electron chi connectivity index (χ0n) is 23.3. The Kier molecular flexibility index (Phi) is 6.80. The van der Waals surface area contributed by atoms with Crippen LogP contribution in [0, 0.1) is 34.5 Å². The summed E-state index contributed by atoms with van der Waals surface area (Å²) in [6.45, 7) is 6.87. The molecule has 0 amide bonds. The number of hydrogen-bond acceptors (Lipinski definition) is 8. The lowest BCUT2D eigenvalue weighted by atomic mass is 9.43. The Balaban J connectivity index is 1.16. The molecule has 2 heterocycles. The highest BCUT2D eigenvalue weighted by molar-refractivity contribution is 5.85. The summed E-state index contributed by atoms with van der Waals surface area (Å²) in [5, 5.41) is 33.5. The predicted octanol–water partition coefficient (Wildman–Crippen LogP) is 3.11. The summed E-state index contributed by atoms with van der Waals surface area (Å²) < 4.78 is 22.8. The fraction of sp³-hybridized carbons (Fsp3) is 0.900. The highest BCUT2D eigenvalue weighted by Gasteiger charge is 2.67. The molecule has 0 bridgehead atoms. The molecule has 2 aliphatic heterocycles. The molecule has 0 unspecified atom stereocenters. The van der Waals surface area contributed by atoms with Crippen LogP contribution in [-0.4, -0.2) is 77.4 Å². The van der Waals surface area contributed by atoms with Crippen molar-refractivity contribution in [3.63, 3.8) is 0 Å². The van der Waals surface area contributed by atoms with Crippen molar-refractivity contribution >= 4 is 5.97 Å². The summed E-state index contributed by atoms with van der Waals surface area (Å²) in [5.41, 5.74) is 0.300. The molecule has 8 heteroatoms. The van der Waals surface area contributed by atoms with Crippen LogP contribution in [0.15, 0.2) is 11.6 Å². The highest BCUT2D eigenvalue weighted by Crippen LogP contribution is 2.70. The van der Waals surface area contributed by atoms with Gasteiger partial charge in [-0.1, -0.05) is 13.8 Å². The average Bonchev–Trinajstić information content (AvgIpc) is 3.43. The Bertz CT molecular complexity index is 968. The monoisotopic (exact) mass is 534 g/mol. The van der Waals surface area contributed by atoms with Gasteiger partial charge >= 0.3 is 5.97 Å². The van der Waals surface area contributed by atoms with Crippen molar-refractivity contribution in [2.24, 2.45) is 34.5 Å². The molecule has 0 aromatic rings. The van der Waals surface area contributed by atoms with Gasteiger partial charge in [-0.3, -0.25) is 0 Å². The molecule has 4 saturated carbocycles. The number of methoxy groups -OCH3 is 1. The van der Waals surface area contributed by atoms with Crippen molar-refractivity contribution in [3.8, 4) is 0 Å². The van der Waals surface area contributed by atoms with E-state index in [1.807, 2.05) is 0 Å². The van der Waals surface area contributed by atoms with Crippen LogP contribution in [0.3, 0.4) is 0 Å². The lowest BCUT2D eigenvalue weighted by molar-refractivity contribution is -0.313. The maximum absolute atomic E-state index is 12.4. The lowest BCUT2D eigenvalue weighted by Gasteiger charge is -2.64. The molecule has 6 aliphatic rings. The van der Waals surface area contributed by atoms with E-state index in [2.05, 4.69) is 13.8 Å². The number of aliphatic hydroxyl groups is 3. The maximum Gasteiger partial charge on any atom is 0.331 e. The van der Waals surface area contributed by atoms with E-state index < -0.39 is 36.3 Å². The molecule has 1 saturated heterocycles. The molecular formula is C30H46O8. The van der Waals surface area contributed by atoms with Crippen molar-refractivity contribution in [1.82, 2.24) is 0 Å². The fourth-order valence-electron chi connectivity index (χ4n) is 10.1. The molecule has 4 aliphatic carbocycles. The third-order valence-electron chi connectivity index (χ3n) is 12.3. The molecule has 38 heavy (non-hydrogen) atoms. The summed E-state index contributed by atoms with van der Waals surface area (Å²) in [5.74, 6) is 1.22. The summed E-state index contributed by atoms with van der Waals surface area (Å²) in [6, 6.07) is 0. The van der Waals surface area contributed by atoms with Crippen molar-refractivity contribution in [1.29, 1.82) is 0 Å². The Morgan fingerprint density at radius 1 is 1.00 bits per heavy atom. The number of hydrogen-bond donors (Lipinski definition) is 3. The Hall–Kier alpha value is -1.03. The first-order chi connectivity index (χ1) is 18.0. The van der Waals surface area contributed by atoms with Crippen LogP contribution in [0.2, 0.25) is 0 Å². The molecule has 8 nitrogen and oxygen atoms in total. The number of carbonyl (C=O) groups is 1. The largest absolute Gasteiger partial charge is 0.458 e. The van der Waals surface area contributed by atoms with Crippen molar-refractivity contribution in [2.45, 2.75) is 121 Å². The van der Waals surface area contributed by atoms with Gasteiger partial charge < -0.3 is 34.3 Å². The number of ether oxygens (including phenoxy) is 4. The predicted molar refractivity (Wildman–Crippen MR) is 138 cm³/mol. The van der Waals surface area contributed by atoms with Gasteiger partial charge in [0, 0.05) is 18.6 Å². The van der Waals surface area contributed by atoms with Crippen molar-refractivity contribution in [3.05, 3.63) is 11.6 Å². The van der Waals surface area contributed by atoms with E-state index in [4.69, 9.17) is 18.9 Å². The van der Waals surface area contributed by atoms with Crippen LogP contribution < -0.4 is 0 Å². The molecule has 0 aromatic carbocycles. The van der Waals surface area contributed by atoms with Crippen molar-refractivity contribution < 1.29 is 39.1 Å². The van der Waals surface area contributed by atoms with Crippen LogP contribution in [0.25, 0.3) is 0 Å². The lowest BCUT2D eigenvalue weighted by Crippen LogP contribution is -2.62. The normalized spacial score (nSPS) is 54.5. The third-order valence-corrected chi connectivity index (χ3v) is 12.3. The standard InChI is InChI=1S/C30H46O8/c1-16-24(32)26(35-4)25(33)27(37-16)38-19-7-10-28(2)18(14-19)5-6-22-21(28)8-11-29(3)20(9-12-30(22,29)34)17-13-23(31)36-15-17/h13,16,18-22,24-27,32-34H,5-12,14-15H2,1-4H3/t16-,18+,19-,20-,21+,22+,24-,25-,26+,27-,28-,29+,30-/m0/s1. The molecule has 0 radical (unpaired) electrons. The third kappa shape index (κ3) is 3.88. The van der Waals surface area contributed by atoms with Crippen LogP contribution in [-0.2, 0) is 23.7 Å². The van der Waals surface area contributed by atoms with Gasteiger partial charge in [-0.15, -0.1) is 0 Å². The van der Waals surface area contributed by atoms with Gasteiger partial charge in [0.05, 0.1) is 17.8 Å². The van der Waals surface area contributed by atoms with Gasteiger partial charge in [-0.05, 0) is 99.4 Å². The minimum absolute atomic E-state index is 0.0103. The molecule has 5 fully saturated rings. The second-order valence-corrected chi connectivity index (χ2v) is 13.7. The van der Waals surface area contributed by atoms with E-state index in [9.17, 15) is 20.1 Å². The number of cyclic esters (lactones) is 1. The second kappa shape index (κ2) is 9.52. The number of fused-ring (bicyclic) bond motifs is 5. The summed E-state index contributed by atoms with van der Waals surface area (Å²) in [7, 11) is 1.49. The quantitative estimate of drug-likeness (QED) is 0.372. The van der Waals surface area contributed by atoms with Gasteiger partial charge in [-0.25, -0.2) is 4.79 Å². The van der Waals surface area contributed by atoms with E-state index in [-0.39, 0.29) is 34.7 Å². The van der Waals surface area contributed by atoms with Crippen LogP contribution in [0.5, 0.6) is 0 Å². The number of rotatable bonds is 4.